The standard InChI is InChI=1S/C10H11BrO/c1-7-5-3-4-6-9(7)10(11)8(2)12/h3-6,10H,1-2H3. The van der Waals surface area contributed by atoms with Crippen molar-refractivity contribution in [3.05, 3.63) is 35.4 Å². The molecule has 0 saturated heterocycles. The molecular weight excluding hydrogens is 216 g/mol. The Bertz CT molecular complexity index is 294. The number of carbonyl (C=O) groups excluding carboxylic acids is 1. The number of alkyl halides is 1. The maximum absolute atomic E-state index is 11.0. The second-order valence-electron chi connectivity index (χ2n) is 2.83. The van der Waals surface area contributed by atoms with E-state index in [9.17, 15) is 4.79 Å². The second-order valence-corrected chi connectivity index (χ2v) is 3.75. The minimum atomic E-state index is -0.154. The normalized spacial score (nSPS) is 12.6. The Morgan fingerprint density at radius 1 is 1.42 bits per heavy atom. The quantitative estimate of drug-likeness (QED) is 0.709. The van der Waals surface area contributed by atoms with Crippen molar-refractivity contribution in [2.75, 3.05) is 0 Å². The molecule has 1 atom stereocenters. The monoisotopic (exact) mass is 226 g/mol. The van der Waals surface area contributed by atoms with Gasteiger partial charge >= 0.3 is 0 Å². The van der Waals surface area contributed by atoms with Crippen molar-refractivity contribution >= 4 is 21.7 Å². The molecule has 0 spiro atoms. The van der Waals surface area contributed by atoms with Gasteiger partial charge in [0.1, 0.15) is 5.78 Å². The van der Waals surface area contributed by atoms with Crippen molar-refractivity contribution in [2.24, 2.45) is 0 Å². The Balaban J connectivity index is 3.02. The fourth-order valence-electron chi connectivity index (χ4n) is 1.09. The van der Waals surface area contributed by atoms with Gasteiger partial charge in [-0.3, -0.25) is 4.79 Å². The zero-order valence-electron chi connectivity index (χ0n) is 7.17. The van der Waals surface area contributed by atoms with E-state index in [1.54, 1.807) is 6.92 Å². The first-order valence-electron chi connectivity index (χ1n) is 3.83. The van der Waals surface area contributed by atoms with Crippen LogP contribution in [0.25, 0.3) is 0 Å². The SMILES string of the molecule is CC(=O)C(Br)c1ccccc1C. The van der Waals surface area contributed by atoms with Crippen LogP contribution in [0.1, 0.15) is 22.9 Å². The molecule has 1 rings (SSSR count). The van der Waals surface area contributed by atoms with Gasteiger partial charge in [0.05, 0.1) is 4.83 Å². The van der Waals surface area contributed by atoms with E-state index in [1.807, 2.05) is 31.2 Å². The lowest BCUT2D eigenvalue weighted by atomic mass is 10.0. The molecule has 2 heteroatoms. The summed E-state index contributed by atoms with van der Waals surface area (Å²) in [4.78, 5) is 10.9. The predicted molar refractivity (Wildman–Crippen MR) is 53.5 cm³/mol. The first kappa shape index (κ1) is 9.46. The summed E-state index contributed by atoms with van der Waals surface area (Å²) in [6.07, 6.45) is 0. The Kier molecular flexibility index (Phi) is 3.04. The van der Waals surface area contributed by atoms with Crippen molar-refractivity contribution in [1.82, 2.24) is 0 Å². The van der Waals surface area contributed by atoms with Crippen molar-refractivity contribution in [1.29, 1.82) is 0 Å². The van der Waals surface area contributed by atoms with Crippen LogP contribution in [-0.2, 0) is 4.79 Å². The molecule has 64 valence electrons. The van der Waals surface area contributed by atoms with Gasteiger partial charge in [-0.2, -0.15) is 0 Å². The number of halogens is 1. The number of Topliss-reactive ketones (excluding diaryl/α,β-unsaturated/α-hetero) is 1. The highest BCUT2D eigenvalue weighted by atomic mass is 79.9. The molecule has 1 unspecified atom stereocenters. The highest BCUT2D eigenvalue weighted by Crippen LogP contribution is 2.25. The smallest absolute Gasteiger partial charge is 0.147 e. The second kappa shape index (κ2) is 3.85. The molecule has 0 amide bonds. The van der Waals surface area contributed by atoms with Crippen LogP contribution in [0.2, 0.25) is 0 Å². The maximum Gasteiger partial charge on any atom is 0.147 e. The summed E-state index contributed by atoms with van der Waals surface area (Å²) in [7, 11) is 0. The van der Waals surface area contributed by atoms with E-state index in [0.717, 1.165) is 11.1 Å². The fourth-order valence-corrected chi connectivity index (χ4v) is 1.60. The highest BCUT2D eigenvalue weighted by Gasteiger charge is 2.13. The molecule has 0 aliphatic rings. The summed E-state index contributed by atoms with van der Waals surface area (Å²) >= 11 is 3.35. The first-order valence-corrected chi connectivity index (χ1v) is 4.74. The maximum atomic E-state index is 11.0. The molecule has 0 saturated carbocycles. The summed E-state index contributed by atoms with van der Waals surface area (Å²) in [5.74, 6) is 0.143. The van der Waals surface area contributed by atoms with Gasteiger partial charge in [0.2, 0.25) is 0 Å². The van der Waals surface area contributed by atoms with Crippen LogP contribution in [0, 0.1) is 6.92 Å². The largest absolute Gasteiger partial charge is 0.298 e. The van der Waals surface area contributed by atoms with Gasteiger partial charge in [0, 0.05) is 0 Å². The van der Waals surface area contributed by atoms with Gasteiger partial charge < -0.3 is 0 Å². The third kappa shape index (κ3) is 1.95. The predicted octanol–water partition coefficient (Wildman–Crippen LogP) is 3.02. The lowest BCUT2D eigenvalue weighted by molar-refractivity contribution is -0.116. The van der Waals surface area contributed by atoms with Crippen LogP contribution in [-0.4, -0.2) is 5.78 Å². The fraction of sp³-hybridized carbons (Fsp3) is 0.300. The number of rotatable bonds is 2. The number of hydrogen-bond acceptors (Lipinski definition) is 1. The molecule has 1 aromatic rings. The van der Waals surface area contributed by atoms with Crippen molar-refractivity contribution < 1.29 is 4.79 Å². The number of carbonyl (C=O) groups is 1. The molecule has 1 aromatic carbocycles. The summed E-state index contributed by atoms with van der Waals surface area (Å²) in [5, 5.41) is 0. The topological polar surface area (TPSA) is 17.1 Å². The summed E-state index contributed by atoms with van der Waals surface area (Å²) in [6, 6.07) is 7.89. The minimum absolute atomic E-state index is 0.143. The van der Waals surface area contributed by atoms with Crippen LogP contribution in [0.5, 0.6) is 0 Å². The van der Waals surface area contributed by atoms with Crippen LogP contribution in [0.4, 0.5) is 0 Å². The lowest BCUT2D eigenvalue weighted by Crippen LogP contribution is -2.02. The van der Waals surface area contributed by atoms with Gasteiger partial charge in [0.15, 0.2) is 0 Å². The first-order chi connectivity index (χ1) is 5.63. The zero-order chi connectivity index (χ0) is 9.14. The van der Waals surface area contributed by atoms with Crippen LogP contribution >= 0.6 is 15.9 Å². The van der Waals surface area contributed by atoms with Crippen molar-refractivity contribution in [3.63, 3.8) is 0 Å². The van der Waals surface area contributed by atoms with E-state index in [0.29, 0.717) is 0 Å². The van der Waals surface area contributed by atoms with Crippen LogP contribution in [0.3, 0.4) is 0 Å². The highest BCUT2D eigenvalue weighted by molar-refractivity contribution is 9.09. The van der Waals surface area contributed by atoms with E-state index in [2.05, 4.69) is 15.9 Å². The van der Waals surface area contributed by atoms with Gasteiger partial charge in [-0.1, -0.05) is 40.2 Å². The van der Waals surface area contributed by atoms with Crippen molar-refractivity contribution in [2.45, 2.75) is 18.7 Å². The Labute approximate surface area is 80.9 Å². The Morgan fingerprint density at radius 2 is 2.00 bits per heavy atom. The molecule has 0 radical (unpaired) electrons. The molecule has 0 aromatic heterocycles. The average molecular weight is 227 g/mol. The molecule has 0 aliphatic carbocycles. The molecule has 0 N–H and O–H groups in total. The molecule has 0 bridgehead atoms. The average Bonchev–Trinajstić information content (AvgIpc) is 2.04. The third-order valence-electron chi connectivity index (χ3n) is 1.82. The molecule has 0 aliphatic heterocycles. The summed E-state index contributed by atoms with van der Waals surface area (Å²) in [5.41, 5.74) is 2.21. The molecule has 12 heavy (non-hydrogen) atoms. The zero-order valence-corrected chi connectivity index (χ0v) is 8.76. The number of hydrogen-bond donors (Lipinski definition) is 0. The van der Waals surface area contributed by atoms with Crippen LogP contribution < -0.4 is 0 Å². The van der Waals surface area contributed by atoms with E-state index in [4.69, 9.17) is 0 Å². The third-order valence-corrected chi connectivity index (χ3v) is 2.96. The molecule has 0 fully saturated rings. The Hall–Kier alpha value is -0.630. The minimum Gasteiger partial charge on any atom is -0.298 e. The van der Waals surface area contributed by atoms with Gasteiger partial charge in [-0.25, -0.2) is 0 Å². The number of benzene rings is 1. The molecule has 0 heterocycles. The van der Waals surface area contributed by atoms with Gasteiger partial charge in [-0.05, 0) is 25.0 Å². The van der Waals surface area contributed by atoms with Crippen LogP contribution in [0.15, 0.2) is 24.3 Å². The molecule has 1 nitrogen and oxygen atoms in total. The summed E-state index contributed by atoms with van der Waals surface area (Å²) < 4.78 is 0. The van der Waals surface area contributed by atoms with E-state index >= 15 is 0 Å². The number of ketones is 1. The Morgan fingerprint density at radius 3 is 2.50 bits per heavy atom. The van der Waals surface area contributed by atoms with Crippen molar-refractivity contribution in [3.8, 4) is 0 Å². The lowest BCUT2D eigenvalue weighted by Gasteiger charge is -2.08. The molecular formula is C10H11BrO. The van der Waals surface area contributed by atoms with Gasteiger partial charge in [0.25, 0.3) is 0 Å². The van der Waals surface area contributed by atoms with E-state index in [1.165, 1.54) is 0 Å². The van der Waals surface area contributed by atoms with E-state index in [-0.39, 0.29) is 10.6 Å². The number of aryl methyl sites for hydroxylation is 1. The summed E-state index contributed by atoms with van der Waals surface area (Å²) in [6.45, 7) is 3.60. The van der Waals surface area contributed by atoms with E-state index < -0.39 is 0 Å². The van der Waals surface area contributed by atoms with Gasteiger partial charge in [-0.15, -0.1) is 0 Å².